The summed E-state index contributed by atoms with van der Waals surface area (Å²) in [5.41, 5.74) is 4.99. The van der Waals surface area contributed by atoms with Crippen LogP contribution in [0.5, 0.6) is 11.5 Å². The fraction of sp³-hybridized carbons (Fsp3) is 0.296. The number of hydrogen-bond acceptors (Lipinski definition) is 6. The van der Waals surface area contributed by atoms with Gasteiger partial charge in [0.05, 0.1) is 14.2 Å². The summed E-state index contributed by atoms with van der Waals surface area (Å²) in [4.78, 5) is 2.43. The maximum Gasteiger partial charge on any atom is 0.173 e. The van der Waals surface area contributed by atoms with Crippen LogP contribution in [-0.4, -0.2) is 45.9 Å². The van der Waals surface area contributed by atoms with Crippen molar-refractivity contribution in [3.05, 3.63) is 101 Å². The number of aryl methyl sites for hydroxylation is 2. The summed E-state index contributed by atoms with van der Waals surface area (Å²) < 4.78 is 13.3. The van der Waals surface area contributed by atoms with Gasteiger partial charge < -0.3 is 9.47 Å². The van der Waals surface area contributed by atoms with Crippen LogP contribution in [0.3, 0.4) is 0 Å². The van der Waals surface area contributed by atoms with Crippen molar-refractivity contribution in [3.8, 4) is 11.5 Å². The average Bonchev–Trinajstić information content (AvgIpc) is 3.36. The Morgan fingerprint density at radius 1 is 0.912 bits per heavy atom. The molecule has 0 aliphatic carbocycles. The van der Waals surface area contributed by atoms with E-state index in [4.69, 9.17) is 9.47 Å². The van der Waals surface area contributed by atoms with Gasteiger partial charge in [0.2, 0.25) is 0 Å². The van der Waals surface area contributed by atoms with E-state index in [9.17, 15) is 0 Å². The third-order valence-electron chi connectivity index (χ3n) is 6.52. The number of tetrazole rings is 1. The second-order valence-corrected chi connectivity index (χ2v) is 8.50. The zero-order valence-corrected chi connectivity index (χ0v) is 19.6. The Morgan fingerprint density at radius 3 is 2.50 bits per heavy atom. The molecule has 0 bridgehead atoms. The van der Waals surface area contributed by atoms with Crippen LogP contribution in [0.1, 0.15) is 34.1 Å². The quantitative estimate of drug-likeness (QED) is 0.399. The zero-order chi connectivity index (χ0) is 23.3. The first kappa shape index (κ1) is 22.1. The van der Waals surface area contributed by atoms with Gasteiger partial charge in [-0.15, -0.1) is 5.10 Å². The smallest absolute Gasteiger partial charge is 0.173 e. The molecule has 4 aromatic rings. The van der Waals surface area contributed by atoms with Crippen LogP contribution in [-0.2, 0) is 25.9 Å². The van der Waals surface area contributed by atoms with E-state index in [1.54, 1.807) is 14.2 Å². The predicted octanol–water partition coefficient (Wildman–Crippen LogP) is 4.08. The van der Waals surface area contributed by atoms with Gasteiger partial charge in [0.15, 0.2) is 5.82 Å². The minimum Gasteiger partial charge on any atom is -0.497 e. The van der Waals surface area contributed by atoms with E-state index in [1.165, 1.54) is 16.7 Å². The number of benzene rings is 3. The van der Waals surface area contributed by atoms with Crippen LogP contribution in [0.25, 0.3) is 0 Å². The van der Waals surface area contributed by atoms with Crippen LogP contribution >= 0.6 is 0 Å². The molecule has 0 fully saturated rings. The fourth-order valence-electron chi connectivity index (χ4n) is 4.74. The minimum atomic E-state index is -0.177. The van der Waals surface area contributed by atoms with Crippen molar-refractivity contribution in [2.45, 2.75) is 32.0 Å². The predicted molar refractivity (Wildman–Crippen MR) is 130 cm³/mol. The highest BCUT2D eigenvalue weighted by atomic mass is 16.5. The normalized spacial score (nSPS) is 14.4. The highest BCUT2D eigenvalue weighted by molar-refractivity contribution is 5.45. The summed E-state index contributed by atoms with van der Waals surface area (Å²) in [6.07, 6.45) is 1.83. The fourth-order valence-corrected chi connectivity index (χ4v) is 4.74. The molecule has 0 unspecified atom stereocenters. The van der Waals surface area contributed by atoms with E-state index >= 15 is 0 Å². The maximum atomic E-state index is 5.79. The first-order valence-corrected chi connectivity index (χ1v) is 11.6. The molecule has 3 aromatic carbocycles. The lowest BCUT2D eigenvalue weighted by atomic mass is 9.95. The average molecular weight is 456 g/mol. The molecular formula is C27H29N5O2. The molecule has 0 N–H and O–H groups in total. The lowest BCUT2D eigenvalue weighted by Gasteiger charge is -2.35. The number of hydrogen-bond donors (Lipinski definition) is 0. The molecule has 0 radical (unpaired) electrons. The summed E-state index contributed by atoms with van der Waals surface area (Å²) >= 11 is 0. The van der Waals surface area contributed by atoms with Gasteiger partial charge in [-0.2, -0.15) is 0 Å². The Morgan fingerprint density at radius 2 is 1.71 bits per heavy atom. The molecule has 174 valence electrons. The molecule has 0 saturated heterocycles. The highest BCUT2D eigenvalue weighted by Crippen LogP contribution is 2.38. The molecule has 34 heavy (non-hydrogen) atoms. The van der Waals surface area contributed by atoms with Crippen molar-refractivity contribution >= 4 is 0 Å². The van der Waals surface area contributed by atoms with Gasteiger partial charge in [-0.25, -0.2) is 4.68 Å². The van der Waals surface area contributed by atoms with E-state index in [0.29, 0.717) is 6.54 Å². The van der Waals surface area contributed by atoms with Crippen LogP contribution in [0.15, 0.2) is 72.8 Å². The Kier molecular flexibility index (Phi) is 6.53. The summed E-state index contributed by atoms with van der Waals surface area (Å²) in [6, 6.07) is 24.8. The van der Waals surface area contributed by atoms with Gasteiger partial charge in [0.1, 0.15) is 17.5 Å². The first-order chi connectivity index (χ1) is 16.8. The summed E-state index contributed by atoms with van der Waals surface area (Å²) in [5, 5.41) is 13.0. The number of methoxy groups -OCH3 is 2. The summed E-state index contributed by atoms with van der Waals surface area (Å²) in [7, 11) is 3.38. The van der Waals surface area contributed by atoms with E-state index < -0.39 is 0 Å². The standard InChI is InChI=1S/C27H29N5O2/c1-33-23-12-13-25(34-2)24(18-23)26(31-16-15-21-10-6-7-11-22(21)19-31)27-28-29-30-32(27)17-14-20-8-4-3-5-9-20/h3-13,18,26H,14-17,19H2,1-2H3/t26-/m0/s1. The summed E-state index contributed by atoms with van der Waals surface area (Å²) in [6.45, 7) is 2.40. The summed E-state index contributed by atoms with van der Waals surface area (Å²) in [5.74, 6) is 2.38. The highest BCUT2D eigenvalue weighted by Gasteiger charge is 2.32. The van der Waals surface area contributed by atoms with Crippen LogP contribution in [0, 0.1) is 0 Å². The lowest BCUT2D eigenvalue weighted by Crippen LogP contribution is -2.36. The van der Waals surface area contributed by atoms with Crippen LogP contribution in [0.2, 0.25) is 0 Å². The molecule has 0 saturated carbocycles. The molecule has 1 aromatic heterocycles. The van der Waals surface area contributed by atoms with Crippen molar-refractivity contribution < 1.29 is 9.47 Å². The molecule has 0 amide bonds. The van der Waals surface area contributed by atoms with E-state index in [0.717, 1.165) is 48.8 Å². The van der Waals surface area contributed by atoms with Crippen molar-refractivity contribution in [2.24, 2.45) is 0 Å². The molecule has 0 spiro atoms. The molecule has 5 rings (SSSR count). The largest absolute Gasteiger partial charge is 0.497 e. The third-order valence-corrected chi connectivity index (χ3v) is 6.52. The number of fused-ring (bicyclic) bond motifs is 1. The molecule has 1 atom stereocenters. The second-order valence-electron chi connectivity index (χ2n) is 8.50. The van der Waals surface area contributed by atoms with Gasteiger partial charge in [-0.1, -0.05) is 54.6 Å². The van der Waals surface area contributed by atoms with Crippen LogP contribution in [0.4, 0.5) is 0 Å². The Bertz CT molecular complexity index is 1240. The lowest BCUT2D eigenvalue weighted by molar-refractivity contribution is 0.191. The topological polar surface area (TPSA) is 65.3 Å². The van der Waals surface area contributed by atoms with Crippen molar-refractivity contribution in [1.82, 2.24) is 25.1 Å². The molecule has 1 aliphatic rings. The van der Waals surface area contributed by atoms with E-state index in [2.05, 4.69) is 69.0 Å². The van der Waals surface area contributed by atoms with E-state index in [1.807, 2.05) is 28.9 Å². The molecule has 2 heterocycles. The molecular weight excluding hydrogens is 426 g/mol. The second kappa shape index (κ2) is 10.1. The number of ether oxygens (including phenoxy) is 2. The third kappa shape index (κ3) is 4.52. The molecule has 7 heteroatoms. The number of nitrogens with zero attached hydrogens (tertiary/aromatic N) is 5. The first-order valence-electron chi connectivity index (χ1n) is 11.6. The van der Waals surface area contributed by atoms with Crippen molar-refractivity contribution in [2.75, 3.05) is 20.8 Å². The van der Waals surface area contributed by atoms with Gasteiger partial charge in [-0.3, -0.25) is 4.90 Å². The Balaban J connectivity index is 1.54. The molecule has 1 aliphatic heterocycles. The maximum absolute atomic E-state index is 5.79. The minimum absolute atomic E-state index is 0.177. The van der Waals surface area contributed by atoms with Gasteiger partial charge >= 0.3 is 0 Å². The number of rotatable bonds is 8. The van der Waals surface area contributed by atoms with Crippen LogP contribution < -0.4 is 9.47 Å². The van der Waals surface area contributed by atoms with Gasteiger partial charge in [-0.05, 0) is 58.2 Å². The van der Waals surface area contributed by atoms with E-state index in [-0.39, 0.29) is 6.04 Å². The van der Waals surface area contributed by atoms with Crippen molar-refractivity contribution in [3.63, 3.8) is 0 Å². The zero-order valence-electron chi connectivity index (χ0n) is 19.6. The monoisotopic (exact) mass is 455 g/mol. The number of aromatic nitrogens is 4. The van der Waals surface area contributed by atoms with Gasteiger partial charge in [0, 0.05) is 25.2 Å². The van der Waals surface area contributed by atoms with Crippen molar-refractivity contribution in [1.29, 1.82) is 0 Å². The Labute approximate surface area is 199 Å². The Hall–Kier alpha value is -3.71. The van der Waals surface area contributed by atoms with Gasteiger partial charge in [0.25, 0.3) is 0 Å². The SMILES string of the molecule is COc1ccc(OC)c([C@@H](c2nnnn2CCc2ccccc2)N2CCc3ccccc3C2)c1. The molecule has 7 nitrogen and oxygen atoms in total.